The zero-order valence-electron chi connectivity index (χ0n) is 8.99. The average Bonchev–Trinajstić information content (AvgIpc) is 2.70. The van der Waals surface area contributed by atoms with Gasteiger partial charge in [0.1, 0.15) is 6.07 Å². The topological polar surface area (TPSA) is 44.1 Å². The van der Waals surface area contributed by atoms with Gasteiger partial charge in [-0.25, -0.2) is 0 Å². The molecule has 0 saturated carbocycles. The van der Waals surface area contributed by atoms with Crippen molar-refractivity contribution in [3.63, 3.8) is 0 Å². The molecule has 1 saturated heterocycles. The summed E-state index contributed by atoms with van der Waals surface area (Å²) in [6.45, 7) is 0.614. The number of benzene rings is 1. The van der Waals surface area contributed by atoms with Crippen molar-refractivity contribution in [3.8, 4) is 6.07 Å². The van der Waals surface area contributed by atoms with Gasteiger partial charge in [0.15, 0.2) is 0 Å². The number of hydrogen-bond acceptors (Lipinski definition) is 2. The quantitative estimate of drug-likeness (QED) is 0.788. The first kappa shape index (κ1) is 12.4. The molecule has 0 N–H and O–H groups in total. The molecule has 1 aliphatic heterocycles. The Kier molecular flexibility index (Phi) is 3.70. The Hall–Kier alpha value is -1.05. The molecule has 1 amide bonds. The molecule has 1 aliphatic rings. The van der Waals surface area contributed by atoms with E-state index in [1.807, 2.05) is 0 Å². The molecule has 1 aromatic carbocycles. The number of anilines is 1. The molecule has 0 aromatic heterocycles. The van der Waals surface area contributed by atoms with Crippen LogP contribution in [0, 0.1) is 17.2 Å². The van der Waals surface area contributed by atoms with E-state index in [9.17, 15) is 4.79 Å². The second-order valence-corrected chi connectivity index (χ2v) is 5.03. The fraction of sp³-hybridized carbons (Fsp3) is 0.333. The van der Waals surface area contributed by atoms with Crippen molar-refractivity contribution in [2.24, 2.45) is 5.92 Å². The molecule has 0 bridgehead atoms. The number of alkyl halides is 1. The largest absolute Gasteiger partial charge is 0.309 e. The summed E-state index contributed by atoms with van der Waals surface area (Å²) in [7, 11) is 0. The van der Waals surface area contributed by atoms with Gasteiger partial charge in [0.25, 0.3) is 0 Å². The number of amides is 1. The van der Waals surface area contributed by atoms with E-state index in [0.717, 1.165) is 5.33 Å². The number of rotatable bonds is 2. The molecule has 0 radical (unpaired) electrons. The average molecular weight is 314 g/mol. The number of nitrogens with zero attached hydrogens (tertiary/aromatic N) is 2. The van der Waals surface area contributed by atoms with Crippen LogP contribution in [0.15, 0.2) is 18.2 Å². The minimum absolute atomic E-state index is 0.0269. The first-order valence-corrected chi connectivity index (χ1v) is 6.72. The number of hydrogen-bond donors (Lipinski definition) is 0. The van der Waals surface area contributed by atoms with E-state index in [4.69, 9.17) is 16.9 Å². The van der Waals surface area contributed by atoms with Crippen molar-refractivity contribution in [1.82, 2.24) is 0 Å². The van der Waals surface area contributed by atoms with Gasteiger partial charge in [-0.2, -0.15) is 5.26 Å². The molecule has 2 rings (SSSR count). The third-order valence-corrected chi connectivity index (χ3v) is 4.02. The molecule has 5 heteroatoms. The van der Waals surface area contributed by atoms with E-state index in [-0.39, 0.29) is 11.8 Å². The maximum absolute atomic E-state index is 11.9. The van der Waals surface area contributed by atoms with E-state index in [2.05, 4.69) is 22.0 Å². The normalized spacial score (nSPS) is 19.5. The van der Waals surface area contributed by atoms with Crippen molar-refractivity contribution in [2.45, 2.75) is 6.42 Å². The van der Waals surface area contributed by atoms with Crippen LogP contribution >= 0.6 is 27.5 Å². The van der Waals surface area contributed by atoms with E-state index >= 15 is 0 Å². The highest BCUT2D eigenvalue weighted by Gasteiger charge is 2.32. The monoisotopic (exact) mass is 312 g/mol. The smallest absolute Gasteiger partial charge is 0.227 e. The highest BCUT2D eigenvalue weighted by atomic mass is 79.9. The van der Waals surface area contributed by atoms with Crippen molar-refractivity contribution < 1.29 is 4.79 Å². The van der Waals surface area contributed by atoms with Gasteiger partial charge < -0.3 is 4.90 Å². The summed E-state index contributed by atoms with van der Waals surface area (Å²) >= 11 is 9.47. The first-order valence-electron chi connectivity index (χ1n) is 5.22. The minimum atomic E-state index is 0.0269. The second kappa shape index (κ2) is 5.07. The standard InChI is InChI=1S/C12H10BrClN2O/c13-5-8-4-11(17)16(7-8)12-9(6-15)2-1-3-10(12)14/h1-3,8H,4-5,7H2. The van der Waals surface area contributed by atoms with Crippen LogP contribution in [0.2, 0.25) is 5.02 Å². The molecule has 3 nitrogen and oxygen atoms in total. The predicted molar refractivity (Wildman–Crippen MR) is 70.4 cm³/mol. The fourth-order valence-corrected chi connectivity index (χ4v) is 2.69. The van der Waals surface area contributed by atoms with E-state index in [1.165, 1.54) is 0 Å². The molecular weight excluding hydrogens is 304 g/mol. The van der Waals surface area contributed by atoms with Gasteiger partial charge >= 0.3 is 0 Å². The molecule has 17 heavy (non-hydrogen) atoms. The van der Waals surface area contributed by atoms with Gasteiger partial charge in [0.05, 0.1) is 16.3 Å². The zero-order valence-corrected chi connectivity index (χ0v) is 11.3. The van der Waals surface area contributed by atoms with Crippen molar-refractivity contribution >= 4 is 39.1 Å². The van der Waals surface area contributed by atoms with Crippen LogP contribution in [-0.2, 0) is 4.79 Å². The number of carbonyl (C=O) groups excluding carboxylic acids is 1. The molecule has 1 heterocycles. The summed E-state index contributed by atoms with van der Waals surface area (Å²) in [5.74, 6) is 0.310. The maximum Gasteiger partial charge on any atom is 0.227 e. The Morgan fingerprint density at radius 1 is 1.59 bits per heavy atom. The van der Waals surface area contributed by atoms with Gasteiger partial charge in [0.2, 0.25) is 5.91 Å². The Morgan fingerprint density at radius 3 is 2.94 bits per heavy atom. The summed E-state index contributed by atoms with van der Waals surface area (Å²) in [5, 5.41) is 10.3. The number of nitriles is 1. The lowest BCUT2D eigenvalue weighted by Gasteiger charge is -2.19. The molecule has 0 spiro atoms. The third-order valence-electron chi connectivity index (χ3n) is 2.80. The number of carbonyl (C=O) groups is 1. The SMILES string of the molecule is N#Cc1cccc(Cl)c1N1CC(CBr)CC1=O. The fourth-order valence-electron chi connectivity index (χ4n) is 1.98. The molecular formula is C12H10BrClN2O. The summed E-state index contributed by atoms with van der Waals surface area (Å²) in [6.07, 6.45) is 0.501. The summed E-state index contributed by atoms with van der Waals surface area (Å²) in [6, 6.07) is 7.17. The first-order chi connectivity index (χ1) is 8.17. The van der Waals surface area contributed by atoms with E-state index in [0.29, 0.717) is 29.2 Å². The van der Waals surface area contributed by atoms with Crippen molar-refractivity contribution in [3.05, 3.63) is 28.8 Å². The van der Waals surface area contributed by atoms with Crippen molar-refractivity contribution in [2.75, 3.05) is 16.8 Å². The molecule has 0 aliphatic carbocycles. The highest BCUT2D eigenvalue weighted by molar-refractivity contribution is 9.09. The van der Waals surface area contributed by atoms with Gasteiger partial charge in [-0.05, 0) is 18.1 Å². The van der Waals surface area contributed by atoms with Gasteiger partial charge in [0, 0.05) is 18.3 Å². The van der Waals surface area contributed by atoms with Crippen LogP contribution < -0.4 is 4.90 Å². The number of halogens is 2. The Balaban J connectivity index is 2.42. The lowest BCUT2D eigenvalue weighted by atomic mass is 10.1. The Labute approximate surface area is 113 Å². The van der Waals surface area contributed by atoms with Gasteiger partial charge in [-0.3, -0.25) is 4.79 Å². The third kappa shape index (κ3) is 2.31. The summed E-state index contributed by atoms with van der Waals surface area (Å²) in [4.78, 5) is 13.5. The minimum Gasteiger partial charge on any atom is -0.309 e. The molecule has 1 fully saturated rings. The lowest BCUT2D eigenvalue weighted by molar-refractivity contribution is -0.117. The van der Waals surface area contributed by atoms with Crippen LogP contribution in [0.25, 0.3) is 0 Å². The predicted octanol–water partition coefficient (Wildman–Crippen LogP) is 2.96. The Morgan fingerprint density at radius 2 is 2.35 bits per heavy atom. The van der Waals surface area contributed by atoms with E-state index < -0.39 is 0 Å². The van der Waals surface area contributed by atoms with Crippen LogP contribution in [0.4, 0.5) is 5.69 Å². The van der Waals surface area contributed by atoms with Crippen molar-refractivity contribution in [1.29, 1.82) is 5.26 Å². The lowest BCUT2D eigenvalue weighted by Crippen LogP contribution is -2.25. The molecule has 1 aromatic rings. The van der Waals surface area contributed by atoms with Gasteiger partial charge in [-0.1, -0.05) is 33.6 Å². The summed E-state index contributed by atoms with van der Waals surface area (Å²) in [5.41, 5.74) is 0.992. The summed E-state index contributed by atoms with van der Waals surface area (Å²) < 4.78 is 0. The molecule has 1 atom stereocenters. The van der Waals surface area contributed by atoms with Crippen LogP contribution in [0.5, 0.6) is 0 Å². The van der Waals surface area contributed by atoms with Gasteiger partial charge in [-0.15, -0.1) is 0 Å². The maximum atomic E-state index is 11.9. The van der Waals surface area contributed by atoms with Crippen LogP contribution in [0.1, 0.15) is 12.0 Å². The highest BCUT2D eigenvalue weighted by Crippen LogP contribution is 2.34. The Bertz CT molecular complexity index is 498. The van der Waals surface area contributed by atoms with Crippen LogP contribution in [-0.4, -0.2) is 17.8 Å². The second-order valence-electron chi connectivity index (χ2n) is 3.98. The zero-order chi connectivity index (χ0) is 12.4. The van der Waals surface area contributed by atoms with E-state index in [1.54, 1.807) is 23.1 Å². The van der Waals surface area contributed by atoms with Crippen LogP contribution in [0.3, 0.4) is 0 Å². The molecule has 88 valence electrons. The molecule has 1 unspecified atom stereocenters. The number of para-hydroxylation sites is 1.